The van der Waals surface area contributed by atoms with Gasteiger partial charge in [0.05, 0.1) is 30.3 Å². The summed E-state index contributed by atoms with van der Waals surface area (Å²) < 4.78 is 24.4. The maximum Gasteiger partial charge on any atom is 0.336 e. The number of ether oxygens (including phenoxy) is 2. The van der Waals surface area contributed by atoms with Gasteiger partial charge in [-0.15, -0.1) is 0 Å². The van der Waals surface area contributed by atoms with Crippen molar-refractivity contribution >= 4 is 17.6 Å². The summed E-state index contributed by atoms with van der Waals surface area (Å²) in [6.07, 6.45) is 0. The van der Waals surface area contributed by atoms with Crippen molar-refractivity contribution in [2.24, 2.45) is 0 Å². The van der Waals surface area contributed by atoms with Crippen molar-refractivity contribution in [2.75, 3.05) is 18.1 Å². The van der Waals surface area contributed by atoms with Crippen molar-refractivity contribution < 1.29 is 23.5 Å². The molecule has 3 rings (SSSR count). The van der Waals surface area contributed by atoms with E-state index in [1.54, 1.807) is 26.0 Å². The fourth-order valence-corrected chi connectivity index (χ4v) is 4.07. The van der Waals surface area contributed by atoms with E-state index in [-0.39, 0.29) is 13.2 Å². The molecule has 0 aromatic heterocycles. The highest BCUT2D eigenvalue weighted by atomic mass is 19.1. The summed E-state index contributed by atoms with van der Waals surface area (Å²) in [6, 6.07) is 13.6. The zero-order valence-electron chi connectivity index (χ0n) is 19.1. The summed E-state index contributed by atoms with van der Waals surface area (Å²) in [7, 11) is 0. The Balaban J connectivity index is 2.30. The molecule has 0 atom stereocenters. The van der Waals surface area contributed by atoms with Crippen LogP contribution in [0.2, 0.25) is 0 Å². The molecule has 0 bridgehead atoms. The normalized spacial score (nSPS) is 14.6. The second-order valence-corrected chi connectivity index (χ2v) is 7.59. The number of allylic oxidation sites excluding steroid dienone is 2. The summed E-state index contributed by atoms with van der Waals surface area (Å²) in [6.45, 7) is 9.48. The van der Waals surface area contributed by atoms with Gasteiger partial charge < -0.3 is 14.4 Å². The Morgan fingerprint density at radius 2 is 1.28 bits per heavy atom. The van der Waals surface area contributed by atoms with Gasteiger partial charge in [-0.1, -0.05) is 29.8 Å². The lowest BCUT2D eigenvalue weighted by Crippen LogP contribution is -2.35. The minimum absolute atomic E-state index is 0.188. The third kappa shape index (κ3) is 4.44. The number of carbonyl (C=O) groups excluding carboxylic acids is 2. The van der Waals surface area contributed by atoms with E-state index in [1.807, 2.05) is 49.9 Å². The first-order valence-electron chi connectivity index (χ1n) is 10.7. The molecule has 0 radical (unpaired) electrons. The molecular weight excluding hydrogens is 409 g/mol. The summed E-state index contributed by atoms with van der Waals surface area (Å²) in [4.78, 5) is 28.2. The Hall–Kier alpha value is -3.41. The largest absolute Gasteiger partial charge is 0.463 e. The third-order valence-corrected chi connectivity index (χ3v) is 5.51. The van der Waals surface area contributed by atoms with Crippen LogP contribution in [0.1, 0.15) is 44.7 Å². The average molecular weight is 438 g/mol. The van der Waals surface area contributed by atoms with Gasteiger partial charge in [0, 0.05) is 17.1 Å². The van der Waals surface area contributed by atoms with Crippen LogP contribution in [-0.2, 0) is 19.1 Å². The summed E-state index contributed by atoms with van der Waals surface area (Å²) in [5, 5.41) is 0. The number of rotatable bonds is 6. The van der Waals surface area contributed by atoms with Crippen molar-refractivity contribution in [3.63, 3.8) is 0 Å². The number of hydrogen-bond donors (Lipinski definition) is 0. The number of halogens is 1. The molecule has 6 heteroatoms. The fourth-order valence-electron chi connectivity index (χ4n) is 4.07. The topological polar surface area (TPSA) is 55.8 Å². The number of aryl methyl sites for hydroxylation is 1. The Bertz CT molecular complexity index is 1030. The first-order valence-corrected chi connectivity index (χ1v) is 10.7. The lowest BCUT2D eigenvalue weighted by atomic mass is 9.79. The number of benzene rings is 2. The number of esters is 2. The van der Waals surface area contributed by atoms with Crippen LogP contribution >= 0.6 is 0 Å². The monoisotopic (exact) mass is 437 g/mol. The van der Waals surface area contributed by atoms with Gasteiger partial charge in [-0.25, -0.2) is 14.0 Å². The lowest BCUT2D eigenvalue weighted by molar-refractivity contribution is -0.139. The van der Waals surface area contributed by atoms with Gasteiger partial charge in [0.25, 0.3) is 0 Å². The molecule has 1 aliphatic heterocycles. The van der Waals surface area contributed by atoms with Gasteiger partial charge in [0.2, 0.25) is 0 Å². The molecule has 1 heterocycles. The van der Waals surface area contributed by atoms with Crippen molar-refractivity contribution in [2.45, 2.75) is 40.5 Å². The fraction of sp³-hybridized carbons (Fsp3) is 0.308. The van der Waals surface area contributed by atoms with Crippen LogP contribution in [0.15, 0.2) is 71.1 Å². The van der Waals surface area contributed by atoms with Crippen molar-refractivity contribution in [1.29, 1.82) is 0 Å². The standard InChI is InChI=1S/C26H28FNO4/c1-6-31-25(29)22-17(4)28(21-14-8-16(3)9-15-21)18(5)23(26(30)32-7-2)24(22)19-10-12-20(27)13-11-19/h8-15,24H,6-7H2,1-5H3. The zero-order chi connectivity index (χ0) is 23.4. The van der Waals surface area contributed by atoms with E-state index in [2.05, 4.69) is 0 Å². The molecule has 0 N–H and O–H groups in total. The van der Waals surface area contributed by atoms with Gasteiger partial charge in [-0.05, 0) is 64.4 Å². The number of nitrogens with zero attached hydrogens (tertiary/aromatic N) is 1. The third-order valence-electron chi connectivity index (χ3n) is 5.51. The lowest BCUT2D eigenvalue weighted by Gasteiger charge is -2.38. The van der Waals surface area contributed by atoms with E-state index >= 15 is 0 Å². The second-order valence-electron chi connectivity index (χ2n) is 7.59. The van der Waals surface area contributed by atoms with Crippen LogP contribution < -0.4 is 4.90 Å². The van der Waals surface area contributed by atoms with Crippen LogP contribution in [0, 0.1) is 12.7 Å². The number of hydrogen-bond acceptors (Lipinski definition) is 5. The van der Waals surface area contributed by atoms with E-state index in [1.165, 1.54) is 12.1 Å². The zero-order valence-corrected chi connectivity index (χ0v) is 19.1. The number of carbonyl (C=O) groups is 2. The quantitative estimate of drug-likeness (QED) is 0.566. The van der Waals surface area contributed by atoms with E-state index in [0.29, 0.717) is 28.1 Å². The van der Waals surface area contributed by atoms with Crippen LogP contribution in [0.3, 0.4) is 0 Å². The molecular formula is C26H28FNO4. The van der Waals surface area contributed by atoms with Gasteiger partial charge in [-0.2, -0.15) is 0 Å². The SMILES string of the molecule is CCOC(=O)C1=C(C)N(c2ccc(C)cc2)C(C)=C(C(=O)OCC)C1c1ccc(F)cc1. The van der Waals surface area contributed by atoms with E-state index in [9.17, 15) is 14.0 Å². The summed E-state index contributed by atoms with van der Waals surface area (Å²) >= 11 is 0. The first kappa shape index (κ1) is 23.3. The van der Waals surface area contributed by atoms with Crippen molar-refractivity contribution in [3.05, 3.63) is 88.0 Å². The van der Waals surface area contributed by atoms with E-state index < -0.39 is 23.7 Å². The smallest absolute Gasteiger partial charge is 0.336 e. The predicted octanol–water partition coefficient (Wildman–Crippen LogP) is 5.41. The van der Waals surface area contributed by atoms with Crippen LogP contribution in [0.25, 0.3) is 0 Å². The van der Waals surface area contributed by atoms with Crippen molar-refractivity contribution in [3.8, 4) is 0 Å². The maximum absolute atomic E-state index is 13.7. The molecule has 0 saturated heterocycles. The highest BCUT2D eigenvalue weighted by molar-refractivity contribution is 6.01. The summed E-state index contributed by atoms with van der Waals surface area (Å²) in [5.41, 5.74) is 4.46. The van der Waals surface area contributed by atoms with Gasteiger partial charge >= 0.3 is 11.9 Å². The molecule has 0 fully saturated rings. The second kappa shape index (κ2) is 9.81. The predicted molar refractivity (Wildman–Crippen MR) is 121 cm³/mol. The average Bonchev–Trinajstić information content (AvgIpc) is 2.75. The molecule has 0 amide bonds. The highest BCUT2D eigenvalue weighted by Crippen LogP contribution is 2.44. The Labute approximate surface area is 188 Å². The number of anilines is 1. The maximum atomic E-state index is 13.7. The minimum Gasteiger partial charge on any atom is -0.463 e. The van der Waals surface area contributed by atoms with Crippen LogP contribution in [0.4, 0.5) is 10.1 Å². The molecule has 32 heavy (non-hydrogen) atoms. The molecule has 5 nitrogen and oxygen atoms in total. The van der Waals surface area contributed by atoms with Gasteiger partial charge in [0.15, 0.2) is 0 Å². The molecule has 2 aromatic rings. The van der Waals surface area contributed by atoms with Crippen LogP contribution in [-0.4, -0.2) is 25.2 Å². The molecule has 2 aromatic carbocycles. The van der Waals surface area contributed by atoms with Gasteiger partial charge in [0.1, 0.15) is 5.82 Å². The minimum atomic E-state index is -0.740. The molecule has 0 aliphatic carbocycles. The van der Waals surface area contributed by atoms with E-state index in [4.69, 9.17) is 9.47 Å². The van der Waals surface area contributed by atoms with E-state index in [0.717, 1.165) is 11.3 Å². The molecule has 0 unspecified atom stereocenters. The van der Waals surface area contributed by atoms with Crippen LogP contribution in [0.5, 0.6) is 0 Å². The Morgan fingerprint density at radius 1 is 0.812 bits per heavy atom. The molecule has 168 valence electrons. The summed E-state index contributed by atoms with van der Waals surface area (Å²) in [5.74, 6) is -2.19. The Morgan fingerprint density at radius 3 is 1.72 bits per heavy atom. The van der Waals surface area contributed by atoms with Crippen molar-refractivity contribution in [1.82, 2.24) is 0 Å². The first-order chi connectivity index (χ1) is 15.3. The van der Waals surface area contributed by atoms with Gasteiger partial charge in [-0.3, -0.25) is 0 Å². The Kier molecular flexibility index (Phi) is 7.13. The highest BCUT2D eigenvalue weighted by Gasteiger charge is 2.41. The molecule has 0 spiro atoms. The molecule has 0 saturated carbocycles. The molecule has 1 aliphatic rings.